The van der Waals surface area contributed by atoms with Gasteiger partial charge in [-0.3, -0.25) is 14.5 Å². The molecule has 0 spiro atoms. The first-order valence-electron chi connectivity index (χ1n) is 16.1. The molecule has 3 heterocycles. The van der Waals surface area contributed by atoms with Crippen molar-refractivity contribution in [1.82, 2.24) is 25.2 Å². The van der Waals surface area contributed by atoms with Crippen LogP contribution in [0.3, 0.4) is 0 Å². The molecule has 7 rings (SSSR count). The molecule has 0 bridgehead atoms. The summed E-state index contributed by atoms with van der Waals surface area (Å²) in [5.41, 5.74) is 9.78. The van der Waals surface area contributed by atoms with E-state index < -0.39 is 40.8 Å². The number of carbonyl (C=O) groups excluding carboxylic acids is 2. The van der Waals surface area contributed by atoms with Crippen LogP contribution in [0.1, 0.15) is 34.0 Å². The van der Waals surface area contributed by atoms with Crippen molar-refractivity contribution in [3.05, 3.63) is 166 Å². The predicted molar refractivity (Wildman–Crippen MR) is 194 cm³/mol. The van der Waals surface area contributed by atoms with Gasteiger partial charge in [0, 0.05) is 22.8 Å². The molecule has 0 radical (unpaired) electrons. The van der Waals surface area contributed by atoms with Crippen molar-refractivity contribution in [2.75, 3.05) is 11.5 Å². The minimum atomic E-state index is -1.18. The van der Waals surface area contributed by atoms with E-state index in [0.717, 1.165) is 22.4 Å². The fraction of sp³-hybridized carbons (Fsp3) is 0.184. The predicted octanol–water partition coefficient (Wildman–Crippen LogP) is 4.79. The molecule has 1 fully saturated rings. The van der Waals surface area contributed by atoms with Crippen LogP contribution >= 0.6 is 23.5 Å². The van der Waals surface area contributed by atoms with Crippen LogP contribution in [-0.2, 0) is 26.3 Å². The molecule has 0 aliphatic carbocycles. The summed E-state index contributed by atoms with van der Waals surface area (Å²) in [5, 5.41) is 21.6. The van der Waals surface area contributed by atoms with Crippen LogP contribution < -0.4 is 11.1 Å². The van der Waals surface area contributed by atoms with E-state index in [2.05, 4.69) is 52.0 Å². The Hall–Kier alpha value is -5.17. The maximum Gasteiger partial charge on any atom is 0.353 e. The third-order valence-corrected chi connectivity index (χ3v) is 11.5. The second-order valence-corrected chi connectivity index (χ2v) is 14.2. The molecule has 10 nitrogen and oxygen atoms in total. The number of amides is 2. The van der Waals surface area contributed by atoms with Gasteiger partial charge in [-0.2, -0.15) is 0 Å². The standard InChI is InChI=1S/C38H34N6O4S2/c39-31(25-13-5-1-6-14-25)34(45)40-32-35(46)44-33(37(47)48)30(24-50-36(32)44)49-22-21-29-23-43(42-41-29)38(26-15-7-2-8-16-26,27-17-9-3-10-18-27)28-19-11-4-12-20-28/h1-20,23,31-32,36H,21-22,24,39H2,(H,40,45)(H,47,48)/t31-,32-,36-/m1/s1. The number of nitrogens with two attached hydrogens (primary N) is 1. The summed E-state index contributed by atoms with van der Waals surface area (Å²) in [4.78, 5) is 40.4. The third-order valence-electron chi connectivity index (χ3n) is 8.97. The van der Waals surface area contributed by atoms with Crippen molar-refractivity contribution in [2.24, 2.45) is 5.73 Å². The van der Waals surface area contributed by atoms with Gasteiger partial charge in [-0.05, 0) is 22.3 Å². The lowest BCUT2D eigenvalue weighted by atomic mass is 9.77. The average molecular weight is 703 g/mol. The number of β-lactam (4-membered cyclic amide) rings is 1. The summed E-state index contributed by atoms with van der Waals surface area (Å²) in [6, 6.07) is 37.7. The zero-order valence-electron chi connectivity index (χ0n) is 26.8. The maximum absolute atomic E-state index is 13.2. The summed E-state index contributed by atoms with van der Waals surface area (Å²) in [6.07, 6.45) is 2.48. The fourth-order valence-corrected chi connectivity index (χ4v) is 9.16. The molecule has 252 valence electrons. The molecule has 5 aromatic rings. The van der Waals surface area contributed by atoms with E-state index in [4.69, 9.17) is 5.73 Å². The van der Waals surface area contributed by atoms with Crippen LogP contribution in [-0.4, -0.2) is 65.7 Å². The number of carbonyl (C=O) groups is 3. The molecule has 4 aromatic carbocycles. The molecular weight excluding hydrogens is 669 g/mol. The van der Waals surface area contributed by atoms with Crippen molar-refractivity contribution in [1.29, 1.82) is 0 Å². The lowest BCUT2D eigenvalue weighted by Gasteiger charge is -2.49. The maximum atomic E-state index is 13.2. The second-order valence-electron chi connectivity index (χ2n) is 11.9. The topological polar surface area (TPSA) is 143 Å². The molecule has 1 saturated heterocycles. The Labute approximate surface area is 297 Å². The number of nitrogens with zero attached hydrogens (tertiary/aromatic N) is 4. The Kier molecular flexibility index (Phi) is 9.57. The summed E-state index contributed by atoms with van der Waals surface area (Å²) in [5.74, 6) is -1.21. The highest BCUT2D eigenvalue weighted by atomic mass is 32.2. The first kappa shape index (κ1) is 33.3. The van der Waals surface area contributed by atoms with Gasteiger partial charge in [0.1, 0.15) is 28.7 Å². The number of carboxylic acids is 1. The number of nitrogens with one attached hydrogen (secondary N) is 1. The molecule has 2 aliphatic rings. The van der Waals surface area contributed by atoms with Crippen molar-refractivity contribution < 1.29 is 19.5 Å². The van der Waals surface area contributed by atoms with Crippen molar-refractivity contribution in [2.45, 2.75) is 29.4 Å². The van der Waals surface area contributed by atoms with Crippen LogP contribution in [0, 0.1) is 0 Å². The van der Waals surface area contributed by atoms with Crippen molar-refractivity contribution in [3.63, 3.8) is 0 Å². The molecule has 4 N–H and O–H groups in total. The number of hydrogen-bond acceptors (Lipinski definition) is 8. The van der Waals surface area contributed by atoms with Crippen molar-refractivity contribution >= 4 is 41.3 Å². The number of fused-ring (bicyclic) bond motifs is 1. The summed E-state index contributed by atoms with van der Waals surface area (Å²) in [7, 11) is 0. The molecule has 12 heteroatoms. The number of rotatable bonds is 12. The van der Waals surface area contributed by atoms with Gasteiger partial charge >= 0.3 is 5.97 Å². The number of thioether (sulfide) groups is 2. The highest BCUT2D eigenvalue weighted by molar-refractivity contribution is 8.06. The number of carboxylic acid groups (broad SMARTS) is 1. The van der Waals surface area contributed by atoms with E-state index in [9.17, 15) is 19.5 Å². The van der Waals surface area contributed by atoms with Gasteiger partial charge in [0.2, 0.25) is 5.91 Å². The Morgan fingerprint density at radius 3 is 1.98 bits per heavy atom. The molecule has 1 aromatic heterocycles. The molecule has 50 heavy (non-hydrogen) atoms. The highest BCUT2D eigenvalue weighted by Gasteiger charge is 2.54. The van der Waals surface area contributed by atoms with E-state index in [1.165, 1.54) is 28.4 Å². The molecule has 0 saturated carbocycles. The molecule has 2 aliphatic heterocycles. The Morgan fingerprint density at radius 1 is 0.900 bits per heavy atom. The normalized spacial score (nSPS) is 17.9. The highest BCUT2D eigenvalue weighted by Crippen LogP contribution is 2.44. The second kappa shape index (κ2) is 14.4. The van der Waals surface area contributed by atoms with E-state index in [0.29, 0.717) is 28.4 Å². The quantitative estimate of drug-likeness (QED) is 0.124. The Balaban J connectivity index is 1.09. The number of aromatic nitrogens is 3. The third kappa shape index (κ3) is 6.10. The molecular formula is C38H34N6O4S2. The van der Waals surface area contributed by atoms with Crippen molar-refractivity contribution in [3.8, 4) is 0 Å². The lowest BCUT2D eigenvalue weighted by Crippen LogP contribution is -2.71. The first-order chi connectivity index (χ1) is 24.4. The van der Waals surface area contributed by atoms with Crippen LogP contribution in [0.25, 0.3) is 0 Å². The van der Waals surface area contributed by atoms with Gasteiger partial charge in [-0.25, -0.2) is 9.48 Å². The summed E-state index contributed by atoms with van der Waals surface area (Å²) >= 11 is 2.82. The SMILES string of the molecule is N[C@@H](C(=O)N[C@@H]1C(=O)N2C(C(=O)O)=C(SCCc3cn(C(c4ccccc4)(c4ccccc4)c4ccccc4)nn3)CS[C@H]12)c1ccccc1. The Bertz CT molecular complexity index is 1930. The summed E-state index contributed by atoms with van der Waals surface area (Å²) in [6.45, 7) is 0. The summed E-state index contributed by atoms with van der Waals surface area (Å²) < 4.78 is 1.91. The van der Waals surface area contributed by atoms with Gasteiger partial charge in [0.05, 0.1) is 11.9 Å². The number of hydrogen-bond donors (Lipinski definition) is 3. The number of benzene rings is 4. The smallest absolute Gasteiger partial charge is 0.353 e. The fourth-order valence-electron chi connectivity index (χ4n) is 6.55. The average Bonchev–Trinajstić information content (AvgIpc) is 3.64. The van der Waals surface area contributed by atoms with E-state index >= 15 is 0 Å². The minimum absolute atomic E-state index is 0.0403. The first-order valence-corrected chi connectivity index (χ1v) is 18.2. The van der Waals surface area contributed by atoms with Gasteiger partial charge in [0.25, 0.3) is 5.91 Å². The molecule has 3 atom stereocenters. The zero-order chi connectivity index (χ0) is 34.7. The minimum Gasteiger partial charge on any atom is -0.477 e. The van der Waals surface area contributed by atoms with Gasteiger partial charge < -0.3 is 16.2 Å². The van der Waals surface area contributed by atoms with Crippen LogP contribution in [0.15, 0.2) is 138 Å². The molecule has 0 unspecified atom stereocenters. The molecule has 2 amide bonds. The Morgan fingerprint density at radius 2 is 1.44 bits per heavy atom. The van der Waals surface area contributed by atoms with Crippen LogP contribution in [0.5, 0.6) is 0 Å². The number of aryl methyl sites for hydroxylation is 1. The van der Waals surface area contributed by atoms with E-state index in [1.807, 2.05) is 71.5 Å². The zero-order valence-corrected chi connectivity index (χ0v) is 28.5. The van der Waals surface area contributed by atoms with E-state index in [1.54, 1.807) is 24.3 Å². The largest absolute Gasteiger partial charge is 0.477 e. The van der Waals surface area contributed by atoms with Crippen LogP contribution in [0.2, 0.25) is 0 Å². The monoisotopic (exact) mass is 702 g/mol. The number of aliphatic carboxylic acids is 1. The van der Waals surface area contributed by atoms with Gasteiger partial charge in [0.15, 0.2) is 0 Å². The van der Waals surface area contributed by atoms with Gasteiger partial charge in [-0.15, -0.1) is 28.6 Å². The van der Waals surface area contributed by atoms with E-state index in [-0.39, 0.29) is 5.70 Å². The van der Waals surface area contributed by atoms with Crippen LogP contribution in [0.4, 0.5) is 0 Å². The lowest BCUT2D eigenvalue weighted by molar-refractivity contribution is -0.150. The van der Waals surface area contributed by atoms with Gasteiger partial charge in [-0.1, -0.05) is 127 Å².